The maximum atomic E-state index is 9.48. The quantitative estimate of drug-likeness (QED) is 0.786. The molecule has 1 rings (SSSR count). The Kier molecular flexibility index (Phi) is 5.47. The molecule has 1 aromatic carbocycles. The van der Waals surface area contributed by atoms with Crippen molar-refractivity contribution in [3.8, 4) is 0 Å². The van der Waals surface area contributed by atoms with Gasteiger partial charge in [-0.15, -0.1) is 0 Å². The highest BCUT2D eigenvalue weighted by molar-refractivity contribution is 6.30. The van der Waals surface area contributed by atoms with Crippen LogP contribution in [0.3, 0.4) is 0 Å². The minimum Gasteiger partial charge on any atom is -0.389 e. The second-order valence-corrected chi connectivity index (χ2v) is 3.64. The topological polar surface area (TPSA) is 41.5 Å². The zero-order valence-electron chi connectivity index (χ0n) is 8.74. The van der Waals surface area contributed by atoms with Gasteiger partial charge in [0.1, 0.15) is 0 Å². The minimum absolute atomic E-state index is 0.358. The van der Waals surface area contributed by atoms with E-state index in [1.165, 1.54) is 0 Å². The van der Waals surface area contributed by atoms with E-state index >= 15 is 0 Å². The summed E-state index contributed by atoms with van der Waals surface area (Å²) in [4.78, 5) is 0. The third-order valence-electron chi connectivity index (χ3n) is 1.90. The van der Waals surface area contributed by atoms with Gasteiger partial charge in [0.05, 0.1) is 12.7 Å². The number of rotatable bonds is 6. The normalized spacial score (nSPS) is 12.5. The molecule has 1 unspecified atom stereocenters. The standard InChI is InChI=1S/C11H16ClNO2/c1-2-15-8-11(14)7-13-10-5-3-9(12)4-6-10/h3-6,11,13-14H,2,7-8H2,1H3. The molecule has 4 heteroatoms. The average Bonchev–Trinajstić information content (AvgIpc) is 2.25. The number of hydrogen-bond donors (Lipinski definition) is 2. The molecule has 0 saturated heterocycles. The van der Waals surface area contributed by atoms with Gasteiger partial charge in [-0.25, -0.2) is 0 Å². The van der Waals surface area contributed by atoms with Crippen LogP contribution in [0.2, 0.25) is 5.02 Å². The molecule has 2 N–H and O–H groups in total. The molecule has 15 heavy (non-hydrogen) atoms. The molecule has 1 aromatic rings. The van der Waals surface area contributed by atoms with Crippen LogP contribution in [0.25, 0.3) is 0 Å². The fraction of sp³-hybridized carbons (Fsp3) is 0.455. The minimum atomic E-state index is -0.486. The lowest BCUT2D eigenvalue weighted by Crippen LogP contribution is -2.24. The number of halogens is 1. The van der Waals surface area contributed by atoms with Gasteiger partial charge in [-0.2, -0.15) is 0 Å². The maximum absolute atomic E-state index is 9.48. The molecule has 0 saturated carbocycles. The van der Waals surface area contributed by atoms with Gasteiger partial charge in [0, 0.05) is 23.9 Å². The Morgan fingerprint density at radius 1 is 1.40 bits per heavy atom. The number of anilines is 1. The summed E-state index contributed by atoms with van der Waals surface area (Å²) in [7, 11) is 0. The highest BCUT2D eigenvalue weighted by atomic mass is 35.5. The van der Waals surface area contributed by atoms with Crippen molar-refractivity contribution in [2.24, 2.45) is 0 Å². The Hall–Kier alpha value is -0.770. The Bertz CT molecular complexity index is 276. The number of nitrogens with one attached hydrogen (secondary N) is 1. The van der Waals surface area contributed by atoms with Gasteiger partial charge in [-0.05, 0) is 31.2 Å². The van der Waals surface area contributed by atoms with E-state index in [2.05, 4.69) is 5.32 Å². The first-order chi connectivity index (χ1) is 7.22. The molecule has 0 aliphatic heterocycles. The van der Waals surface area contributed by atoms with Crippen molar-refractivity contribution in [2.45, 2.75) is 13.0 Å². The van der Waals surface area contributed by atoms with Crippen LogP contribution in [0.4, 0.5) is 5.69 Å². The lowest BCUT2D eigenvalue weighted by molar-refractivity contribution is 0.0496. The summed E-state index contributed by atoms with van der Waals surface area (Å²) in [6.45, 7) is 3.36. The monoisotopic (exact) mass is 229 g/mol. The molecule has 84 valence electrons. The zero-order chi connectivity index (χ0) is 11.1. The summed E-state index contributed by atoms with van der Waals surface area (Å²) in [6.07, 6.45) is -0.486. The summed E-state index contributed by atoms with van der Waals surface area (Å²) < 4.78 is 5.09. The molecule has 0 spiro atoms. The van der Waals surface area contributed by atoms with Crippen LogP contribution in [-0.2, 0) is 4.74 Å². The predicted molar refractivity (Wildman–Crippen MR) is 62.4 cm³/mol. The Balaban J connectivity index is 2.27. The smallest absolute Gasteiger partial charge is 0.0945 e. The van der Waals surface area contributed by atoms with E-state index in [0.29, 0.717) is 24.8 Å². The highest BCUT2D eigenvalue weighted by Gasteiger charge is 2.02. The van der Waals surface area contributed by atoms with Crippen molar-refractivity contribution in [3.63, 3.8) is 0 Å². The van der Waals surface area contributed by atoms with Crippen molar-refractivity contribution in [3.05, 3.63) is 29.3 Å². The fourth-order valence-electron chi connectivity index (χ4n) is 1.12. The van der Waals surface area contributed by atoms with Crippen LogP contribution in [0.15, 0.2) is 24.3 Å². The summed E-state index contributed by atoms with van der Waals surface area (Å²) in [6, 6.07) is 7.35. The van der Waals surface area contributed by atoms with Gasteiger partial charge in [0.25, 0.3) is 0 Å². The molecular formula is C11H16ClNO2. The number of aliphatic hydroxyl groups excluding tert-OH is 1. The molecule has 0 aliphatic rings. The van der Waals surface area contributed by atoms with E-state index in [9.17, 15) is 5.11 Å². The van der Waals surface area contributed by atoms with Crippen molar-refractivity contribution in [1.29, 1.82) is 0 Å². The summed E-state index contributed by atoms with van der Waals surface area (Å²) in [5.41, 5.74) is 0.940. The molecule has 1 atom stereocenters. The summed E-state index contributed by atoms with van der Waals surface area (Å²) in [5, 5.41) is 13.3. The first kappa shape index (κ1) is 12.3. The van der Waals surface area contributed by atoms with Gasteiger partial charge in [0.2, 0.25) is 0 Å². The van der Waals surface area contributed by atoms with E-state index in [-0.39, 0.29) is 0 Å². The van der Waals surface area contributed by atoms with Gasteiger partial charge in [0.15, 0.2) is 0 Å². The van der Waals surface area contributed by atoms with Crippen LogP contribution < -0.4 is 5.32 Å². The number of aliphatic hydroxyl groups is 1. The predicted octanol–water partition coefficient (Wildman–Crippen LogP) is 2.15. The van der Waals surface area contributed by atoms with Crippen molar-refractivity contribution in [1.82, 2.24) is 0 Å². The van der Waals surface area contributed by atoms with E-state index in [1.54, 1.807) is 12.1 Å². The molecule has 0 amide bonds. The molecule has 0 aliphatic carbocycles. The van der Waals surface area contributed by atoms with Crippen LogP contribution >= 0.6 is 11.6 Å². The van der Waals surface area contributed by atoms with Crippen molar-refractivity contribution >= 4 is 17.3 Å². The third kappa shape index (κ3) is 5.02. The maximum Gasteiger partial charge on any atom is 0.0945 e. The van der Waals surface area contributed by atoms with E-state index < -0.39 is 6.10 Å². The first-order valence-electron chi connectivity index (χ1n) is 4.97. The van der Waals surface area contributed by atoms with Crippen molar-refractivity contribution < 1.29 is 9.84 Å². The Morgan fingerprint density at radius 3 is 2.67 bits per heavy atom. The van der Waals surface area contributed by atoms with E-state index in [1.807, 2.05) is 19.1 Å². The van der Waals surface area contributed by atoms with Gasteiger partial charge >= 0.3 is 0 Å². The molecule has 0 aromatic heterocycles. The molecular weight excluding hydrogens is 214 g/mol. The Morgan fingerprint density at radius 2 is 2.07 bits per heavy atom. The first-order valence-corrected chi connectivity index (χ1v) is 5.35. The van der Waals surface area contributed by atoms with Gasteiger partial charge in [-0.3, -0.25) is 0 Å². The van der Waals surface area contributed by atoms with Crippen molar-refractivity contribution in [2.75, 3.05) is 25.1 Å². The van der Waals surface area contributed by atoms with Gasteiger partial charge in [-0.1, -0.05) is 11.6 Å². The lowest BCUT2D eigenvalue weighted by atomic mass is 10.3. The lowest BCUT2D eigenvalue weighted by Gasteiger charge is -2.12. The average molecular weight is 230 g/mol. The van der Waals surface area contributed by atoms with E-state index in [0.717, 1.165) is 5.69 Å². The summed E-state index contributed by atoms with van der Waals surface area (Å²) >= 11 is 5.75. The van der Waals surface area contributed by atoms with Crippen LogP contribution in [-0.4, -0.2) is 31.0 Å². The highest BCUT2D eigenvalue weighted by Crippen LogP contribution is 2.13. The molecule has 0 fully saturated rings. The number of hydrogen-bond acceptors (Lipinski definition) is 3. The zero-order valence-corrected chi connectivity index (χ0v) is 9.50. The molecule has 3 nitrogen and oxygen atoms in total. The Labute approximate surface area is 95.0 Å². The second kappa shape index (κ2) is 6.67. The van der Waals surface area contributed by atoms with Crippen LogP contribution in [0.1, 0.15) is 6.92 Å². The summed E-state index contributed by atoms with van der Waals surface area (Å²) in [5.74, 6) is 0. The second-order valence-electron chi connectivity index (χ2n) is 3.20. The third-order valence-corrected chi connectivity index (χ3v) is 2.15. The molecule has 0 bridgehead atoms. The molecule has 0 heterocycles. The largest absolute Gasteiger partial charge is 0.389 e. The SMILES string of the molecule is CCOCC(O)CNc1ccc(Cl)cc1. The van der Waals surface area contributed by atoms with Crippen LogP contribution in [0.5, 0.6) is 0 Å². The number of ether oxygens (including phenoxy) is 1. The fourth-order valence-corrected chi connectivity index (χ4v) is 1.24. The van der Waals surface area contributed by atoms with Crippen LogP contribution in [0, 0.1) is 0 Å². The molecule has 0 radical (unpaired) electrons. The number of benzene rings is 1. The van der Waals surface area contributed by atoms with Gasteiger partial charge < -0.3 is 15.2 Å². The van der Waals surface area contributed by atoms with E-state index in [4.69, 9.17) is 16.3 Å².